The lowest BCUT2D eigenvalue weighted by atomic mass is 10.3. The van der Waals surface area contributed by atoms with Crippen LogP contribution in [0.15, 0.2) is 4.42 Å². The summed E-state index contributed by atoms with van der Waals surface area (Å²) in [6.45, 7) is 2.15. The highest BCUT2D eigenvalue weighted by Gasteiger charge is 2.06. The normalized spacial score (nSPS) is 10.2. The molecule has 0 saturated heterocycles. The van der Waals surface area contributed by atoms with Gasteiger partial charge in [-0.15, -0.1) is 5.10 Å². The Morgan fingerprint density at radius 1 is 1.41 bits per heavy atom. The molecular formula is C9H14N4O4. The van der Waals surface area contributed by atoms with Crippen LogP contribution in [-0.4, -0.2) is 40.3 Å². The largest absolute Gasteiger partial charge is 0.481 e. The smallest absolute Gasteiger partial charge is 0.322 e. The molecule has 0 fully saturated rings. The second kappa shape index (κ2) is 6.59. The lowest BCUT2D eigenvalue weighted by molar-refractivity contribution is -0.137. The monoisotopic (exact) mass is 242 g/mol. The first kappa shape index (κ1) is 13.1. The number of nitrogens with one attached hydrogen (secondary N) is 2. The molecule has 0 atom stereocenters. The Kier molecular flexibility index (Phi) is 5.08. The molecule has 94 valence electrons. The summed E-state index contributed by atoms with van der Waals surface area (Å²) in [5.41, 5.74) is 0. The van der Waals surface area contributed by atoms with E-state index in [1.807, 2.05) is 0 Å². The molecule has 1 heterocycles. The van der Waals surface area contributed by atoms with Gasteiger partial charge in [0.25, 0.3) is 0 Å². The molecule has 8 heteroatoms. The molecule has 0 spiro atoms. The lowest BCUT2D eigenvalue weighted by Gasteiger charge is -2.02. The highest BCUT2D eigenvalue weighted by Crippen LogP contribution is 2.02. The first-order chi connectivity index (χ1) is 8.08. The maximum atomic E-state index is 11.3. The van der Waals surface area contributed by atoms with E-state index in [9.17, 15) is 9.59 Å². The summed E-state index contributed by atoms with van der Waals surface area (Å²) in [7, 11) is 0. The van der Waals surface area contributed by atoms with Crippen LogP contribution in [-0.2, 0) is 9.59 Å². The zero-order valence-electron chi connectivity index (χ0n) is 9.39. The predicted molar refractivity (Wildman–Crippen MR) is 57.4 cm³/mol. The average Bonchev–Trinajstić information content (AvgIpc) is 2.63. The van der Waals surface area contributed by atoms with Crippen molar-refractivity contribution in [1.29, 1.82) is 0 Å². The minimum Gasteiger partial charge on any atom is -0.481 e. The fourth-order valence-corrected chi connectivity index (χ4v) is 1.08. The van der Waals surface area contributed by atoms with E-state index < -0.39 is 5.97 Å². The summed E-state index contributed by atoms with van der Waals surface area (Å²) >= 11 is 0. The number of amides is 1. The van der Waals surface area contributed by atoms with E-state index in [0.717, 1.165) is 0 Å². The van der Waals surface area contributed by atoms with Crippen molar-refractivity contribution in [3.8, 4) is 0 Å². The van der Waals surface area contributed by atoms with Crippen molar-refractivity contribution >= 4 is 17.9 Å². The van der Waals surface area contributed by atoms with Crippen molar-refractivity contribution in [3.05, 3.63) is 5.89 Å². The van der Waals surface area contributed by atoms with Gasteiger partial charge in [-0.3, -0.25) is 14.9 Å². The predicted octanol–water partition coefficient (Wildman–Crippen LogP) is -0.229. The fraction of sp³-hybridized carbons (Fsp3) is 0.556. The number of anilines is 1. The Morgan fingerprint density at radius 3 is 2.76 bits per heavy atom. The van der Waals surface area contributed by atoms with Gasteiger partial charge in [-0.1, -0.05) is 5.10 Å². The number of carboxylic acids is 1. The number of nitrogens with zero attached hydrogens (tertiary/aromatic N) is 2. The van der Waals surface area contributed by atoms with E-state index in [4.69, 9.17) is 9.52 Å². The molecular weight excluding hydrogens is 228 g/mol. The molecule has 0 aliphatic heterocycles. The molecule has 3 N–H and O–H groups in total. The second-order valence-corrected chi connectivity index (χ2v) is 3.35. The number of rotatable bonds is 7. The average molecular weight is 242 g/mol. The van der Waals surface area contributed by atoms with Crippen LogP contribution in [0.2, 0.25) is 0 Å². The van der Waals surface area contributed by atoms with E-state index >= 15 is 0 Å². The molecule has 0 bridgehead atoms. The van der Waals surface area contributed by atoms with Gasteiger partial charge in [0.15, 0.2) is 0 Å². The molecule has 0 aliphatic carbocycles. The lowest BCUT2D eigenvalue weighted by Crippen LogP contribution is -2.29. The number of hydrogen-bond donors (Lipinski definition) is 3. The van der Waals surface area contributed by atoms with Gasteiger partial charge in [0.05, 0.1) is 6.54 Å². The van der Waals surface area contributed by atoms with Crippen molar-refractivity contribution in [3.63, 3.8) is 0 Å². The molecule has 0 aliphatic rings. The van der Waals surface area contributed by atoms with Crippen LogP contribution in [0.5, 0.6) is 0 Å². The molecule has 17 heavy (non-hydrogen) atoms. The van der Waals surface area contributed by atoms with Crippen molar-refractivity contribution < 1.29 is 19.1 Å². The number of carboxylic acid groups (broad SMARTS) is 1. The summed E-state index contributed by atoms with van der Waals surface area (Å²) in [4.78, 5) is 21.5. The number of hydrogen-bond acceptors (Lipinski definition) is 6. The van der Waals surface area contributed by atoms with Crippen LogP contribution in [0.4, 0.5) is 6.01 Å². The van der Waals surface area contributed by atoms with Crippen LogP contribution >= 0.6 is 0 Å². The minimum absolute atomic E-state index is 0.0554. The standard InChI is InChI=1S/C9H14N4O4/c1-6-12-13-9(17-6)11-7(14)5-10-4-2-3-8(15)16/h10H,2-5H2,1H3,(H,15,16)(H,11,13,14). The number of carbonyl (C=O) groups is 2. The molecule has 8 nitrogen and oxygen atoms in total. The fourth-order valence-electron chi connectivity index (χ4n) is 1.08. The molecule has 0 radical (unpaired) electrons. The summed E-state index contributed by atoms with van der Waals surface area (Å²) in [6, 6.07) is 0.0554. The van der Waals surface area contributed by atoms with E-state index in [2.05, 4.69) is 20.8 Å². The molecule has 0 unspecified atom stereocenters. The van der Waals surface area contributed by atoms with Crippen molar-refractivity contribution in [2.45, 2.75) is 19.8 Å². The summed E-state index contributed by atoms with van der Waals surface area (Å²) in [5.74, 6) is -0.795. The van der Waals surface area contributed by atoms with Gasteiger partial charge in [0.1, 0.15) is 0 Å². The van der Waals surface area contributed by atoms with Gasteiger partial charge in [-0.25, -0.2) is 0 Å². The van der Waals surface area contributed by atoms with Crippen LogP contribution in [0.1, 0.15) is 18.7 Å². The summed E-state index contributed by atoms with van der Waals surface area (Å²) < 4.78 is 4.95. The third-order valence-electron chi connectivity index (χ3n) is 1.80. The summed E-state index contributed by atoms with van der Waals surface area (Å²) in [6.07, 6.45) is 0.555. The third kappa shape index (κ3) is 5.61. The maximum Gasteiger partial charge on any atom is 0.322 e. The van der Waals surface area contributed by atoms with E-state index in [1.54, 1.807) is 6.92 Å². The molecule has 1 amide bonds. The third-order valence-corrected chi connectivity index (χ3v) is 1.80. The molecule has 1 rings (SSSR count). The van der Waals surface area contributed by atoms with Gasteiger partial charge in [-0.2, -0.15) is 0 Å². The quantitative estimate of drug-likeness (QED) is 0.565. The zero-order chi connectivity index (χ0) is 12.7. The van der Waals surface area contributed by atoms with Gasteiger partial charge in [0, 0.05) is 13.3 Å². The number of aromatic nitrogens is 2. The van der Waals surface area contributed by atoms with Crippen LogP contribution < -0.4 is 10.6 Å². The topological polar surface area (TPSA) is 117 Å². The number of aliphatic carboxylic acids is 1. The van der Waals surface area contributed by atoms with Gasteiger partial charge >= 0.3 is 12.0 Å². The molecule has 1 aromatic heterocycles. The van der Waals surface area contributed by atoms with Crippen molar-refractivity contribution in [2.24, 2.45) is 0 Å². The highest BCUT2D eigenvalue weighted by atomic mass is 16.4. The highest BCUT2D eigenvalue weighted by molar-refractivity contribution is 5.90. The van der Waals surface area contributed by atoms with Gasteiger partial charge in [-0.05, 0) is 13.0 Å². The van der Waals surface area contributed by atoms with Gasteiger partial charge in [0.2, 0.25) is 11.8 Å². The first-order valence-electron chi connectivity index (χ1n) is 5.10. The Labute approximate surface area is 97.4 Å². The van der Waals surface area contributed by atoms with Crippen LogP contribution in [0.3, 0.4) is 0 Å². The second-order valence-electron chi connectivity index (χ2n) is 3.35. The van der Waals surface area contributed by atoms with E-state index in [-0.39, 0.29) is 24.9 Å². The minimum atomic E-state index is -0.849. The number of aryl methyl sites for hydroxylation is 1. The number of carbonyl (C=O) groups excluding carboxylic acids is 1. The van der Waals surface area contributed by atoms with Crippen LogP contribution in [0, 0.1) is 6.92 Å². The van der Waals surface area contributed by atoms with Crippen LogP contribution in [0.25, 0.3) is 0 Å². The van der Waals surface area contributed by atoms with Gasteiger partial charge < -0.3 is 14.8 Å². The first-order valence-corrected chi connectivity index (χ1v) is 5.10. The summed E-state index contributed by atoms with van der Waals surface area (Å²) in [5, 5.41) is 20.7. The SMILES string of the molecule is Cc1nnc(NC(=O)CNCCCC(=O)O)o1. The van der Waals surface area contributed by atoms with Crippen molar-refractivity contribution in [2.75, 3.05) is 18.4 Å². The Morgan fingerprint density at radius 2 is 2.18 bits per heavy atom. The maximum absolute atomic E-state index is 11.3. The molecule has 0 aromatic carbocycles. The van der Waals surface area contributed by atoms with Crippen molar-refractivity contribution in [1.82, 2.24) is 15.5 Å². The Bertz CT molecular complexity index is 390. The zero-order valence-corrected chi connectivity index (χ0v) is 9.39. The Hall–Kier alpha value is -1.96. The Balaban J connectivity index is 2.11. The molecule has 1 aromatic rings. The molecule has 0 saturated carbocycles. The van der Waals surface area contributed by atoms with E-state index in [0.29, 0.717) is 18.9 Å². The van der Waals surface area contributed by atoms with E-state index in [1.165, 1.54) is 0 Å².